The molecule has 0 aromatic carbocycles. The molecule has 1 aromatic heterocycles. The number of hydrogen-bond acceptors (Lipinski definition) is 5. The number of rotatable bonds is 1. The zero-order chi connectivity index (χ0) is 13.4. The van der Waals surface area contributed by atoms with E-state index in [1.165, 1.54) is 13.2 Å². The van der Waals surface area contributed by atoms with E-state index in [-0.39, 0.29) is 28.5 Å². The molecule has 0 fully saturated rings. The molecule has 0 bridgehead atoms. The minimum Gasteiger partial charge on any atom is -0.464 e. The van der Waals surface area contributed by atoms with Crippen molar-refractivity contribution in [3.05, 3.63) is 40.2 Å². The summed E-state index contributed by atoms with van der Waals surface area (Å²) in [5, 5.41) is 0. The van der Waals surface area contributed by atoms with Crippen LogP contribution >= 0.6 is 0 Å². The summed E-state index contributed by atoms with van der Waals surface area (Å²) in [5.74, 6) is -1.26. The van der Waals surface area contributed by atoms with Crippen LogP contribution in [-0.4, -0.2) is 29.6 Å². The standard InChI is InChI=1S/C13H11NO4/c1-6-7(2)11(13(17)18-3)14-12-9(16)5-4-8(15)10(6)12/h4-5H,1-3H3. The van der Waals surface area contributed by atoms with E-state index >= 15 is 0 Å². The van der Waals surface area contributed by atoms with Crippen molar-refractivity contribution in [2.24, 2.45) is 0 Å². The topological polar surface area (TPSA) is 73.3 Å². The monoisotopic (exact) mass is 245 g/mol. The highest BCUT2D eigenvalue weighted by molar-refractivity contribution is 6.22. The van der Waals surface area contributed by atoms with Crippen LogP contribution in [0, 0.1) is 13.8 Å². The smallest absolute Gasteiger partial charge is 0.356 e. The maximum absolute atomic E-state index is 11.8. The molecule has 1 aliphatic carbocycles. The molecule has 0 unspecified atom stereocenters. The van der Waals surface area contributed by atoms with Crippen molar-refractivity contribution in [3.63, 3.8) is 0 Å². The summed E-state index contributed by atoms with van der Waals surface area (Å²) >= 11 is 0. The molecule has 1 heterocycles. The normalized spacial score (nSPS) is 13.5. The number of allylic oxidation sites excluding steroid dienone is 2. The van der Waals surface area contributed by atoms with Crippen LogP contribution < -0.4 is 0 Å². The number of carbonyl (C=O) groups is 3. The van der Waals surface area contributed by atoms with E-state index in [0.717, 1.165) is 6.08 Å². The van der Waals surface area contributed by atoms with Crippen molar-refractivity contribution in [1.82, 2.24) is 4.98 Å². The summed E-state index contributed by atoms with van der Waals surface area (Å²) < 4.78 is 4.61. The van der Waals surface area contributed by atoms with E-state index < -0.39 is 5.97 Å². The molecule has 0 amide bonds. The zero-order valence-corrected chi connectivity index (χ0v) is 10.2. The lowest BCUT2D eigenvalue weighted by molar-refractivity contribution is 0.0592. The number of methoxy groups -OCH3 is 1. The van der Waals surface area contributed by atoms with Gasteiger partial charge in [-0.25, -0.2) is 9.78 Å². The van der Waals surface area contributed by atoms with Crippen molar-refractivity contribution < 1.29 is 19.1 Å². The molecule has 0 spiro atoms. The molecule has 18 heavy (non-hydrogen) atoms. The third-order valence-corrected chi connectivity index (χ3v) is 3.00. The van der Waals surface area contributed by atoms with Gasteiger partial charge in [0.2, 0.25) is 5.78 Å². The fourth-order valence-electron chi connectivity index (χ4n) is 1.88. The number of ketones is 2. The molecular weight excluding hydrogens is 234 g/mol. The van der Waals surface area contributed by atoms with Gasteiger partial charge in [-0.05, 0) is 37.1 Å². The Morgan fingerprint density at radius 2 is 1.72 bits per heavy atom. The average molecular weight is 245 g/mol. The molecule has 0 aliphatic heterocycles. The lowest BCUT2D eigenvalue weighted by Gasteiger charge is -2.15. The lowest BCUT2D eigenvalue weighted by Crippen LogP contribution is -2.20. The number of hydrogen-bond donors (Lipinski definition) is 0. The molecule has 5 heteroatoms. The van der Waals surface area contributed by atoms with Gasteiger partial charge in [-0.3, -0.25) is 9.59 Å². The van der Waals surface area contributed by atoms with Gasteiger partial charge >= 0.3 is 5.97 Å². The van der Waals surface area contributed by atoms with Crippen molar-refractivity contribution in [3.8, 4) is 0 Å². The Hall–Kier alpha value is -2.30. The van der Waals surface area contributed by atoms with Gasteiger partial charge in [0.1, 0.15) is 5.69 Å². The molecule has 0 radical (unpaired) electrons. The number of pyridine rings is 1. The van der Waals surface area contributed by atoms with Crippen LogP contribution in [0.5, 0.6) is 0 Å². The second-order valence-electron chi connectivity index (χ2n) is 3.99. The minimum absolute atomic E-state index is 0.0194. The van der Waals surface area contributed by atoms with Gasteiger partial charge < -0.3 is 4.74 Å². The lowest BCUT2D eigenvalue weighted by atomic mass is 9.92. The van der Waals surface area contributed by atoms with Crippen molar-refractivity contribution in [1.29, 1.82) is 0 Å². The van der Waals surface area contributed by atoms with Gasteiger partial charge in [-0.2, -0.15) is 0 Å². The maximum atomic E-state index is 11.8. The Bertz CT molecular complexity index is 614. The van der Waals surface area contributed by atoms with Crippen LogP contribution in [0.1, 0.15) is 42.5 Å². The average Bonchev–Trinajstić information content (AvgIpc) is 2.36. The minimum atomic E-state index is -0.617. The third-order valence-electron chi connectivity index (χ3n) is 3.00. The molecule has 0 atom stereocenters. The maximum Gasteiger partial charge on any atom is 0.356 e. The molecule has 0 saturated heterocycles. The second-order valence-corrected chi connectivity index (χ2v) is 3.99. The molecule has 92 valence electrons. The number of carbonyl (C=O) groups excluding carboxylic acids is 3. The second kappa shape index (κ2) is 4.18. The Morgan fingerprint density at radius 3 is 2.33 bits per heavy atom. The quantitative estimate of drug-likeness (QED) is 0.699. The summed E-state index contributed by atoms with van der Waals surface area (Å²) in [5.41, 5.74) is 1.50. The van der Waals surface area contributed by atoms with Crippen molar-refractivity contribution in [2.75, 3.05) is 7.11 Å². The van der Waals surface area contributed by atoms with Gasteiger partial charge in [0.15, 0.2) is 11.5 Å². The summed E-state index contributed by atoms with van der Waals surface area (Å²) in [6.45, 7) is 3.36. The fraction of sp³-hybridized carbons (Fsp3) is 0.231. The highest BCUT2D eigenvalue weighted by Gasteiger charge is 2.27. The van der Waals surface area contributed by atoms with Gasteiger partial charge in [0.25, 0.3) is 0 Å². The molecule has 0 N–H and O–H groups in total. The van der Waals surface area contributed by atoms with Crippen LogP contribution in [0.15, 0.2) is 12.2 Å². The summed E-state index contributed by atoms with van der Waals surface area (Å²) in [7, 11) is 1.24. The molecular formula is C13H11NO4. The predicted octanol–water partition coefficient (Wildman–Crippen LogP) is 1.42. The Labute approximate surface area is 103 Å². The van der Waals surface area contributed by atoms with Gasteiger partial charge in [0, 0.05) is 0 Å². The first kappa shape index (κ1) is 12.2. The van der Waals surface area contributed by atoms with E-state index in [9.17, 15) is 14.4 Å². The first-order valence-electron chi connectivity index (χ1n) is 5.33. The molecule has 1 aromatic rings. The Kier molecular flexibility index (Phi) is 2.82. The van der Waals surface area contributed by atoms with E-state index in [0.29, 0.717) is 11.1 Å². The summed E-state index contributed by atoms with van der Waals surface area (Å²) in [4.78, 5) is 39.0. The fourth-order valence-corrected chi connectivity index (χ4v) is 1.88. The number of esters is 1. The molecule has 1 aliphatic rings. The Morgan fingerprint density at radius 1 is 1.11 bits per heavy atom. The van der Waals surface area contributed by atoms with E-state index in [1.807, 2.05) is 0 Å². The highest BCUT2D eigenvalue weighted by Crippen LogP contribution is 2.24. The van der Waals surface area contributed by atoms with Gasteiger partial charge in [-0.1, -0.05) is 0 Å². The van der Waals surface area contributed by atoms with Crippen LogP contribution in [0.2, 0.25) is 0 Å². The number of ether oxygens (including phenoxy) is 1. The summed E-state index contributed by atoms with van der Waals surface area (Å²) in [6, 6.07) is 0. The van der Waals surface area contributed by atoms with Gasteiger partial charge in [0.05, 0.1) is 12.7 Å². The SMILES string of the molecule is COC(=O)c1nc2c(c(C)c1C)C(=O)C=CC2=O. The first-order chi connectivity index (χ1) is 8.47. The largest absolute Gasteiger partial charge is 0.464 e. The zero-order valence-electron chi connectivity index (χ0n) is 10.2. The molecule has 2 rings (SSSR count). The van der Waals surface area contributed by atoms with E-state index in [4.69, 9.17) is 0 Å². The van der Waals surface area contributed by atoms with Crippen LogP contribution in [-0.2, 0) is 4.74 Å². The van der Waals surface area contributed by atoms with Crippen molar-refractivity contribution in [2.45, 2.75) is 13.8 Å². The predicted molar refractivity (Wildman–Crippen MR) is 62.9 cm³/mol. The first-order valence-corrected chi connectivity index (χ1v) is 5.33. The molecule has 0 saturated carbocycles. The van der Waals surface area contributed by atoms with Crippen LogP contribution in [0.3, 0.4) is 0 Å². The van der Waals surface area contributed by atoms with Crippen LogP contribution in [0.4, 0.5) is 0 Å². The Balaban J connectivity index is 2.77. The van der Waals surface area contributed by atoms with Crippen LogP contribution in [0.25, 0.3) is 0 Å². The number of fused-ring (bicyclic) bond motifs is 1. The van der Waals surface area contributed by atoms with Crippen molar-refractivity contribution >= 4 is 17.5 Å². The third kappa shape index (κ3) is 1.64. The highest BCUT2D eigenvalue weighted by atomic mass is 16.5. The van der Waals surface area contributed by atoms with E-state index in [1.54, 1.807) is 13.8 Å². The summed E-state index contributed by atoms with van der Waals surface area (Å²) in [6.07, 6.45) is 2.38. The van der Waals surface area contributed by atoms with Gasteiger partial charge in [-0.15, -0.1) is 0 Å². The molecule has 5 nitrogen and oxygen atoms in total. The number of aromatic nitrogens is 1. The number of nitrogens with zero attached hydrogens (tertiary/aromatic N) is 1. The van der Waals surface area contributed by atoms with E-state index in [2.05, 4.69) is 9.72 Å².